The number of carbonyl (C=O) groups excluding carboxylic acids is 1. The van der Waals surface area contributed by atoms with E-state index in [1.807, 2.05) is 20.8 Å². The van der Waals surface area contributed by atoms with Crippen LogP contribution in [-0.4, -0.2) is 31.2 Å². The van der Waals surface area contributed by atoms with Gasteiger partial charge in [-0.2, -0.15) is 0 Å². The number of amides is 1. The minimum atomic E-state index is -0.404. The average Bonchev–Trinajstić information content (AvgIpc) is 2.03. The number of methoxy groups -OCH3 is 1. The van der Waals surface area contributed by atoms with E-state index in [0.717, 1.165) is 0 Å². The summed E-state index contributed by atoms with van der Waals surface area (Å²) in [6, 6.07) is 0.0279. The first-order valence-corrected chi connectivity index (χ1v) is 4.46. The predicted octanol–water partition coefficient (Wildman–Crippen LogP) is 0.265. The summed E-state index contributed by atoms with van der Waals surface area (Å²) < 4.78 is 5.13. The van der Waals surface area contributed by atoms with Gasteiger partial charge in [0.1, 0.15) is 0 Å². The second-order valence-corrected chi connectivity index (χ2v) is 3.84. The average molecular weight is 188 g/mol. The standard InChI is InChI=1S/C9H20N2O2/c1-7(6-10)11-8(12)5-9(2,3)13-4/h7H,5-6,10H2,1-4H3,(H,11,12). The van der Waals surface area contributed by atoms with Crippen molar-refractivity contribution in [2.45, 2.75) is 38.8 Å². The molecule has 3 N–H and O–H groups in total. The molecule has 1 atom stereocenters. The van der Waals surface area contributed by atoms with Gasteiger partial charge in [0.15, 0.2) is 0 Å². The molecule has 0 bridgehead atoms. The quantitative estimate of drug-likeness (QED) is 0.650. The van der Waals surface area contributed by atoms with Gasteiger partial charge in [0.2, 0.25) is 5.91 Å². The molecule has 0 aliphatic rings. The van der Waals surface area contributed by atoms with Gasteiger partial charge in [0.05, 0.1) is 12.0 Å². The van der Waals surface area contributed by atoms with Crippen molar-refractivity contribution < 1.29 is 9.53 Å². The fourth-order valence-electron chi connectivity index (χ4n) is 0.844. The van der Waals surface area contributed by atoms with Crippen molar-refractivity contribution in [1.29, 1.82) is 0 Å². The number of nitrogens with one attached hydrogen (secondary N) is 1. The van der Waals surface area contributed by atoms with E-state index >= 15 is 0 Å². The Kier molecular flexibility index (Phi) is 4.95. The maximum absolute atomic E-state index is 11.3. The predicted molar refractivity (Wildman–Crippen MR) is 52.4 cm³/mol. The largest absolute Gasteiger partial charge is 0.378 e. The highest BCUT2D eigenvalue weighted by molar-refractivity contribution is 5.77. The molecule has 0 aliphatic carbocycles. The third-order valence-electron chi connectivity index (χ3n) is 1.90. The summed E-state index contributed by atoms with van der Waals surface area (Å²) in [6.07, 6.45) is 0.355. The first kappa shape index (κ1) is 12.4. The van der Waals surface area contributed by atoms with E-state index in [1.165, 1.54) is 0 Å². The SMILES string of the molecule is COC(C)(C)CC(=O)NC(C)CN. The molecule has 78 valence electrons. The lowest BCUT2D eigenvalue weighted by molar-refractivity contribution is -0.126. The van der Waals surface area contributed by atoms with Crippen LogP contribution in [0.4, 0.5) is 0 Å². The number of ether oxygens (including phenoxy) is 1. The Morgan fingerprint density at radius 3 is 2.54 bits per heavy atom. The highest BCUT2D eigenvalue weighted by Gasteiger charge is 2.21. The highest BCUT2D eigenvalue weighted by Crippen LogP contribution is 2.12. The van der Waals surface area contributed by atoms with E-state index < -0.39 is 5.60 Å². The Morgan fingerprint density at radius 1 is 1.62 bits per heavy atom. The molecule has 0 spiro atoms. The Labute approximate surface area is 79.8 Å². The molecule has 0 aliphatic heterocycles. The second-order valence-electron chi connectivity index (χ2n) is 3.84. The van der Waals surface area contributed by atoms with Crippen LogP contribution in [-0.2, 0) is 9.53 Å². The van der Waals surface area contributed by atoms with E-state index in [1.54, 1.807) is 7.11 Å². The molecule has 13 heavy (non-hydrogen) atoms. The number of nitrogens with two attached hydrogens (primary N) is 1. The van der Waals surface area contributed by atoms with Crippen molar-refractivity contribution >= 4 is 5.91 Å². The molecule has 0 fully saturated rings. The van der Waals surface area contributed by atoms with E-state index in [4.69, 9.17) is 10.5 Å². The molecule has 0 heterocycles. The first-order valence-electron chi connectivity index (χ1n) is 4.46. The molecule has 4 nitrogen and oxygen atoms in total. The molecule has 4 heteroatoms. The van der Waals surface area contributed by atoms with Gasteiger partial charge in [-0.25, -0.2) is 0 Å². The normalized spacial score (nSPS) is 13.9. The molecule has 0 aromatic heterocycles. The first-order chi connectivity index (χ1) is 5.91. The summed E-state index contributed by atoms with van der Waals surface area (Å²) in [6.45, 7) is 6.08. The van der Waals surface area contributed by atoms with Crippen molar-refractivity contribution in [2.24, 2.45) is 5.73 Å². The summed E-state index contributed by atoms with van der Waals surface area (Å²) >= 11 is 0. The van der Waals surface area contributed by atoms with Crippen LogP contribution in [0.3, 0.4) is 0 Å². The zero-order chi connectivity index (χ0) is 10.5. The molecule has 0 rings (SSSR count). The van der Waals surface area contributed by atoms with Gasteiger partial charge in [0.25, 0.3) is 0 Å². The molecule has 0 saturated heterocycles. The lowest BCUT2D eigenvalue weighted by atomic mass is 10.0. The van der Waals surface area contributed by atoms with Crippen molar-refractivity contribution in [1.82, 2.24) is 5.32 Å². The lowest BCUT2D eigenvalue weighted by Crippen LogP contribution is -2.41. The lowest BCUT2D eigenvalue weighted by Gasteiger charge is -2.23. The van der Waals surface area contributed by atoms with Crippen LogP contribution in [0.5, 0.6) is 0 Å². The van der Waals surface area contributed by atoms with E-state index in [2.05, 4.69) is 5.32 Å². The molecule has 0 aromatic rings. The summed E-state index contributed by atoms with van der Waals surface area (Å²) in [5, 5.41) is 2.78. The van der Waals surface area contributed by atoms with Crippen molar-refractivity contribution in [3.8, 4) is 0 Å². The van der Waals surface area contributed by atoms with Crippen LogP contribution in [0.1, 0.15) is 27.2 Å². The second kappa shape index (κ2) is 5.19. The zero-order valence-electron chi connectivity index (χ0n) is 8.89. The molecule has 0 saturated carbocycles. The van der Waals surface area contributed by atoms with Gasteiger partial charge in [-0.1, -0.05) is 0 Å². The smallest absolute Gasteiger partial charge is 0.223 e. The minimum absolute atomic E-state index is 0.0233. The van der Waals surface area contributed by atoms with Gasteiger partial charge < -0.3 is 15.8 Å². The number of rotatable bonds is 5. The zero-order valence-corrected chi connectivity index (χ0v) is 8.89. The molecular weight excluding hydrogens is 168 g/mol. The van der Waals surface area contributed by atoms with E-state index in [0.29, 0.717) is 13.0 Å². The maximum Gasteiger partial charge on any atom is 0.223 e. The van der Waals surface area contributed by atoms with Crippen LogP contribution in [0.25, 0.3) is 0 Å². The Balaban J connectivity index is 3.87. The van der Waals surface area contributed by atoms with Crippen LogP contribution >= 0.6 is 0 Å². The van der Waals surface area contributed by atoms with Crippen molar-refractivity contribution in [3.63, 3.8) is 0 Å². The monoisotopic (exact) mass is 188 g/mol. The van der Waals surface area contributed by atoms with Gasteiger partial charge in [-0.15, -0.1) is 0 Å². The third kappa shape index (κ3) is 5.60. The number of hydrogen-bond acceptors (Lipinski definition) is 3. The van der Waals surface area contributed by atoms with Crippen LogP contribution in [0, 0.1) is 0 Å². The molecule has 0 radical (unpaired) electrons. The highest BCUT2D eigenvalue weighted by atomic mass is 16.5. The summed E-state index contributed by atoms with van der Waals surface area (Å²) in [5.74, 6) is -0.0233. The van der Waals surface area contributed by atoms with E-state index in [-0.39, 0.29) is 11.9 Å². The van der Waals surface area contributed by atoms with Crippen molar-refractivity contribution in [3.05, 3.63) is 0 Å². The summed E-state index contributed by atoms with van der Waals surface area (Å²) in [5.41, 5.74) is 4.97. The van der Waals surface area contributed by atoms with Crippen LogP contribution in [0.15, 0.2) is 0 Å². The Bertz CT molecular complexity index is 169. The Hall–Kier alpha value is -0.610. The molecule has 1 amide bonds. The third-order valence-corrected chi connectivity index (χ3v) is 1.90. The Morgan fingerprint density at radius 2 is 2.15 bits per heavy atom. The van der Waals surface area contributed by atoms with Gasteiger partial charge in [-0.3, -0.25) is 4.79 Å². The topological polar surface area (TPSA) is 64.3 Å². The maximum atomic E-state index is 11.3. The molecule has 0 aromatic carbocycles. The van der Waals surface area contributed by atoms with Crippen molar-refractivity contribution in [2.75, 3.05) is 13.7 Å². The fourth-order valence-corrected chi connectivity index (χ4v) is 0.844. The van der Waals surface area contributed by atoms with Gasteiger partial charge in [0, 0.05) is 19.7 Å². The van der Waals surface area contributed by atoms with Gasteiger partial charge >= 0.3 is 0 Å². The van der Waals surface area contributed by atoms with Crippen LogP contribution in [0.2, 0.25) is 0 Å². The fraction of sp³-hybridized carbons (Fsp3) is 0.889. The van der Waals surface area contributed by atoms with Crippen LogP contribution < -0.4 is 11.1 Å². The van der Waals surface area contributed by atoms with E-state index in [9.17, 15) is 4.79 Å². The van der Waals surface area contributed by atoms with Gasteiger partial charge in [-0.05, 0) is 20.8 Å². The number of hydrogen-bond donors (Lipinski definition) is 2. The summed E-state index contributed by atoms with van der Waals surface area (Å²) in [7, 11) is 1.60. The minimum Gasteiger partial charge on any atom is -0.378 e. The molecular formula is C9H20N2O2. The number of carbonyl (C=O) groups is 1. The summed E-state index contributed by atoms with van der Waals surface area (Å²) in [4.78, 5) is 11.3. The molecule has 1 unspecified atom stereocenters.